The van der Waals surface area contributed by atoms with Gasteiger partial charge in [-0.25, -0.2) is 9.59 Å². The number of ether oxygens (including phenoxy) is 2. The van der Waals surface area contributed by atoms with E-state index in [4.69, 9.17) is 9.47 Å². The highest BCUT2D eigenvalue weighted by Crippen LogP contribution is 2.67. The number of carbonyl (C=O) groups is 2. The van der Waals surface area contributed by atoms with Crippen molar-refractivity contribution >= 4 is 11.9 Å². The first kappa shape index (κ1) is 20.7. The van der Waals surface area contributed by atoms with E-state index in [1.165, 1.54) is 57.8 Å². The zero-order valence-corrected chi connectivity index (χ0v) is 18.1. The summed E-state index contributed by atoms with van der Waals surface area (Å²) >= 11 is 0. The minimum Gasteiger partial charge on any atom is -0.462 e. The maximum atomic E-state index is 13.1. The van der Waals surface area contributed by atoms with E-state index in [1.807, 2.05) is 0 Å². The van der Waals surface area contributed by atoms with Crippen molar-refractivity contribution in [3.05, 3.63) is 24.3 Å². The van der Waals surface area contributed by atoms with Gasteiger partial charge < -0.3 is 9.47 Å². The van der Waals surface area contributed by atoms with E-state index in [2.05, 4.69) is 20.1 Å². The molecular weight excluding hydrogens is 364 g/mol. The first-order chi connectivity index (χ1) is 13.7. The second kappa shape index (κ2) is 7.59. The molecule has 5 aliphatic rings. The minimum atomic E-state index is -0.428. The Balaban J connectivity index is 1.47. The van der Waals surface area contributed by atoms with Gasteiger partial charge in [-0.3, -0.25) is 0 Å². The lowest BCUT2D eigenvalue weighted by Crippen LogP contribution is -2.65. The minimum absolute atomic E-state index is 0.142. The molecule has 160 valence electrons. The summed E-state index contributed by atoms with van der Waals surface area (Å²) in [6.45, 7) is 11.7. The van der Waals surface area contributed by atoms with Crippen molar-refractivity contribution in [3.8, 4) is 0 Å². The van der Waals surface area contributed by atoms with Crippen molar-refractivity contribution in [2.45, 2.75) is 83.7 Å². The zero-order valence-electron chi connectivity index (χ0n) is 18.1. The molecule has 0 aromatic carbocycles. The molecule has 4 nitrogen and oxygen atoms in total. The van der Waals surface area contributed by atoms with E-state index < -0.39 is 5.97 Å². The Hall–Kier alpha value is -1.58. The van der Waals surface area contributed by atoms with E-state index in [0.29, 0.717) is 40.7 Å². The molecule has 4 bridgehead atoms. The first-order valence-electron chi connectivity index (χ1n) is 11.5. The Morgan fingerprint density at radius 1 is 0.966 bits per heavy atom. The molecule has 5 fully saturated rings. The Bertz CT molecular complexity index is 698. The SMILES string of the molecule is C=C(C)C(=O)OCCC(=C)C(=O)OC1(C2CCCC2)C2CC3CC1CC(C)(C3)C2. The van der Waals surface area contributed by atoms with Crippen LogP contribution in [0.3, 0.4) is 0 Å². The van der Waals surface area contributed by atoms with Crippen molar-refractivity contribution in [1.82, 2.24) is 0 Å². The summed E-state index contributed by atoms with van der Waals surface area (Å²) < 4.78 is 11.7. The molecule has 0 aromatic rings. The molecule has 0 spiro atoms. The maximum absolute atomic E-state index is 13.1. The monoisotopic (exact) mass is 400 g/mol. The van der Waals surface area contributed by atoms with Crippen molar-refractivity contribution in [1.29, 1.82) is 0 Å². The molecule has 29 heavy (non-hydrogen) atoms. The smallest absolute Gasteiger partial charge is 0.334 e. The Labute approximate surface area is 175 Å². The summed E-state index contributed by atoms with van der Waals surface area (Å²) in [6, 6.07) is 0. The van der Waals surface area contributed by atoms with Crippen LogP contribution in [0.15, 0.2) is 24.3 Å². The number of rotatable bonds is 7. The third-order valence-corrected chi connectivity index (χ3v) is 8.31. The molecule has 4 heteroatoms. The fraction of sp³-hybridized carbons (Fsp3) is 0.760. The van der Waals surface area contributed by atoms with Gasteiger partial charge in [0.1, 0.15) is 5.60 Å². The predicted molar refractivity (Wildman–Crippen MR) is 112 cm³/mol. The quantitative estimate of drug-likeness (QED) is 0.426. The van der Waals surface area contributed by atoms with Crippen LogP contribution in [0, 0.1) is 29.1 Å². The molecule has 0 radical (unpaired) electrons. The van der Waals surface area contributed by atoms with E-state index >= 15 is 0 Å². The van der Waals surface area contributed by atoms with Gasteiger partial charge in [-0.1, -0.05) is 32.9 Å². The highest BCUT2D eigenvalue weighted by molar-refractivity contribution is 5.89. The summed E-state index contributed by atoms with van der Waals surface area (Å²) in [5.41, 5.74) is 0.928. The van der Waals surface area contributed by atoms with Gasteiger partial charge in [-0.2, -0.15) is 0 Å². The lowest BCUT2D eigenvalue weighted by Gasteiger charge is -2.65. The fourth-order valence-corrected chi connectivity index (χ4v) is 7.41. The van der Waals surface area contributed by atoms with E-state index in [-0.39, 0.29) is 18.2 Å². The normalized spacial score (nSPS) is 38.1. The lowest BCUT2D eigenvalue weighted by molar-refractivity contribution is -0.239. The second-order valence-corrected chi connectivity index (χ2v) is 10.6. The largest absolute Gasteiger partial charge is 0.462 e. The van der Waals surface area contributed by atoms with Gasteiger partial charge in [0.2, 0.25) is 0 Å². The molecule has 0 aliphatic heterocycles. The molecule has 0 heterocycles. The van der Waals surface area contributed by atoms with Crippen LogP contribution >= 0.6 is 0 Å². The predicted octanol–water partition coefficient (Wildman–Crippen LogP) is 5.37. The van der Waals surface area contributed by atoms with Crippen LogP contribution in [0.2, 0.25) is 0 Å². The van der Waals surface area contributed by atoms with Crippen molar-refractivity contribution in [2.24, 2.45) is 29.1 Å². The van der Waals surface area contributed by atoms with Gasteiger partial charge in [0, 0.05) is 29.4 Å². The average molecular weight is 401 g/mol. The molecule has 0 N–H and O–H groups in total. The molecular formula is C25H36O4. The average Bonchev–Trinajstić information content (AvgIpc) is 3.18. The van der Waals surface area contributed by atoms with E-state index in [0.717, 1.165) is 5.92 Å². The standard InChI is InChI=1S/C25H36O4/c1-16(2)22(26)28-10-9-17(3)23(27)29-25(19-7-5-6-8-19)20-11-18-12-21(25)15-24(4,13-18)14-20/h18-21H,1,3,5-15H2,2,4H3. The molecule has 0 amide bonds. The highest BCUT2D eigenvalue weighted by atomic mass is 16.6. The Morgan fingerprint density at radius 3 is 2.14 bits per heavy atom. The molecule has 2 atom stereocenters. The molecule has 5 saturated carbocycles. The molecule has 5 aliphatic carbocycles. The van der Waals surface area contributed by atoms with Crippen molar-refractivity contribution in [3.63, 3.8) is 0 Å². The second-order valence-electron chi connectivity index (χ2n) is 10.6. The van der Waals surface area contributed by atoms with Gasteiger partial charge in [0.15, 0.2) is 0 Å². The number of hydrogen-bond donors (Lipinski definition) is 0. The summed E-state index contributed by atoms with van der Waals surface area (Å²) in [5, 5.41) is 0. The highest BCUT2D eigenvalue weighted by Gasteiger charge is 2.65. The Morgan fingerprint density at radius 2 is 1.59 bits per heavy atom. The van der Waals surface area contributed by atoms with Crippen molar-refractivity contribution in [2.75, 3.05) is 6.61 Å². The molecule has 5 rings (SSSR count). The van der Waals surface area contributed by atoms with Crippen LogP contribution in [-0.4, -0.2) is 24.1 Å². The van der Waals surface area contributed by atoms with Gasteiger partial charge >= 0.3 is 11.9 Å². The summed E-state index contributed by atoms with van der Waals surface area (Å²) in [7, 11) is 0. The summed E-state index contributed by atoms with van der Waals surface area (Å²) in [6.07, 6.45) is 11.4. The van der Waals surface area contributed by atoms with E-state index in [1.54, 1.807) is 6.92 Å². The molecule has 0 aromatic heterocycles. The maximum Gasteiger partial charge on any atom is 0.334 e. The summed E-state index contributed by atoms with van der Waals surface area (Å²) in [4.78, 5) is 24.7. The van der Waals surface area contributed by atoms with Gasteiger partial charge in [-0.05, 0) is 69.1 Å². The van der Waals surface area contributed by atoms with Crippen LogP contribution in [0.25, 0.3) is 0 Å². The number of esters is 2. The lowest BCUT2D eigenvalue weighted by atomic mass is 9.43. The topological polar surface area (TPSA) is 52.6 Å². The zero-order chi connectivity index (χ0) is 20.8. The third kappa shape index (κ3) is 3.68. The number of hydrogen-bond acceptors (Lipinski definition) is 4. The van der Waals surface area contributed by atoms with Crippen LogP contribution in [0.5, 0.6) is 0 Å². The first-order valence-corrected chi connectivity index (χ1v) is 11.5. The van der Waals surface area contributed by atoms with Gasteiger partial charge in [-0.15, -0.1) is 0 Å². The van der Waals surface area contributed by atoms with E-state index in [9.17, 15) is 9.59 Å². The van der Waals surface area contributed by atoms with Gasteiger partial charge in [0.25, 0.3) is 0 Å². The van der Waals surface area contributed by atoms with Gasteiger partial charge in [0.05, 0.1) is 6.61 Å². The van der Waals surface area contributed by atoms with Crippen LogP contribution in [0.4, 0.5) is 0 Å². The Kier molecular flexibility index (Phi) is 5.41. The molecule has 0 saturated heterocycles. The van der Waals surface area contributed by atoms with Crippen LogP contribution < -0.4 is 0 Å². The van der Waals surface area contributed by atoms with Crippen LogP contribution in [0.1, 0.15) is 78.1 Å². The fourth-order valence-electron chi connectivity index (χ4n) is 7.41. The molecule has 2 unspecified atom stereocenters. The van der Waals surface area contributed by atoms with Crippen molar-refractivity contribution < 1.29 is 19.1 Å². The summed E-state index contributed by atoms with van der Waals surface area (Å²) in [5.74, 6) is 1.61. The number of carbonyl (C=O) groups excluding carboxylic acids is 2. The third-order valence-electron chi connectivity index (χ3n) is 8.31. The van der Waals surface area contributed by atoms with Crippen LogP contribution in [-0.2, 0) is 19.1 Å².